The van der Waals surface area contributed by atoms with Gasteiger partial charge in [0.05, 0.1) is 6.54 Å². The standard InChI is InChI=1S/C15H23N3S/c1-11-5-7-16-9-12(11)10-17-14-18-13(6-8-19-14)15(2,3)4/h5,7,9,13H,6,8,10H2,1-4H3,(H,17,18). The lowest BCUT2D eigenvalue weighted by Gasteiger charge is -2.35. The quantitative estimate of drug-likeness (QED) is 0.900. The molecule has 1 aromatic rings. The minimum absolute atomic E-state index is 0.284. The van der Waals surface area contributed by atoms with E-state index >= 15 is 0 Å². The first-order valence-corrected chi connectivity index (χ1v) is 7.78. The molecule has 1 atom stereocenters. The van der Waals surface area contributed by atoms with E-state index in [1.807, 2.05) is 30.2 Å². The maximum Gasteiger partial charge on any atom is 0.157 e. The molecule has 0 amide bonds. The lowest BCUT2D eigenvalue weighted by atomic mass is 9.85. The summed E-state index contributed by atoms with van der Waals surface area (Å²) >= 11 is 1.83. The van der Waals surface area contributed by atoms with Crippen LogP contribution in [0, 0.1) is 12.3 Å². The molecule has 1 saturated heterocycles. The number of rotatable bonds is 2. The van der Waals surface area contributed by atoms with Gasteiger partial charge in [0.25, 0.3) is 0 Å². The van der Waals surface area contributed by atoms with Crippen molar-refractivity contribution in [2.75, 3.05) is 5.75 Å². The number of aliphatic imine (C=N–C) groups is 1. The molecule has 4 heteroatoms. The van der Waals surface area contributed by atoms with Crippen molar-refractivity contribution in [3.05, 3.63) is 29.6 Å². The van der Waals surface area contributed by atoms with E-state index in [0.29, 0.717) is 12.6 Å². The van der Waals surface area contributed by atoms with Gasteiger partial charge < -0.3 is 5.32 Å². The molecule has 0 saturated carbocycles. The molecule has 0 spiro atoms. The van der Waals surface area contributed by atoms with Crippen molar-refractivity contribution in [2.45, 2.75) is 46.7 Å². The van der Waals surface area contributed by atoms with Gasteiger partial charge in [0.15, 0.2) is 5.17 Å². The van der Waals surface area contributed by atoms with Crippen LogP contribution >= 0.6 is 11.8 Å². The van der Waals surface area contributed by atoms with E-state index in [9.17, 15) is 0 Å². The van der Waals surface area contributed by atoms with Gasteiger partial charge >= 0.3 is 0 Å². The summed E-state index contributed by atoms with van der Waals surface area (Å²) in [4.78, 5) is 8.87. The summed E-state index contributed by atoms with van der Waals surface area (Å²) in [5.74, 6) is 1.15. The Hall–Kier alpha value is -1.03. The molecule has 1 aromatic heterocycles. The second-order valence-corrected chi connectivity index (χ2v) is 7.21. The molecule has 0 radical (unpaired) electrons. The van der Waals surface area contributed by atoms with Gasteiger partial charge in [0.1, 0.15) is 0 Å². The van der Waals surface area contributed by atoms with Crippen LogP contribution in [0.3, 0.4) is 0 Å². The van der Waals surface area contributed by atoms with E-state index in [1.165, 1.54) is 17.5 Å². The predicted molar refractivity (Wildman–Crippen MR) is 83.6 cm³/mol. The number of nitrogens with one attached hydrogen (secondary N) is 1. The van der Waals surface area contributed by atoms with Crippen molar-refractivity contribution in [3.8, 4) is 0 Å². The van der Waals surface area contributed by atoms with Gasteiger partial charge in [0.2, 0.25) is 0 Å². The number of hydrogen-bond donors (Lipinski definition) is 1. The van der Waals surface area contributed by atoms with E-state index in [0.717, 1.165) is 10.9 Å². The van der Waals surface area contributed by atoms with Crippen LogP contribution in [0.1, 0.15) is 38.3 Å². The van der Waals surface area contributed by atoms with Gasteiger partial charge in [-0.15, -0.1) is 0 Å². The summed E-state index contributed by atoms with van der Waals surface area (Å²) in [5.41, 5.74) is 2.74. The Bertz CT molecular complexity index is 463. The van der Waals surface area contributed by atoms with Crippen molar-refractivity contribution in [1.82, 2.24) is 10.3 Å². The zero-order valence-corrected chi connectivity index (χ0v) is 13.0. The van der Waals surface area contributed by atoms with Crippen molar-refractivity contribution < 1.29 is 0 Å². The molecule has 1 fully saturated rings. The van der Waals surface area contributed by atoms with Gasteiger partial charge in [-0.1, -0.05) is 32.5 Å². The zero-order chi connectivity index (χ0) is 13.9. The maximum atomic E-state index is 4.71. The number of aromatic nitrogens is 1. The second-order valence-electron chi connectivity index (χ2n) is 6.12. The molecule has 2 heterocycles. The maximum absolute atomic E-state index is 4.71. The van der Waals surface area contributed by atoms with E-state index < -0.39 is 0 Å². The normalized spacial score (nSPS) is 22.3. The highest BCUT2D eigenvalue weighted by atomic mass is 32.2. The number of pyridine rings is 1. The third-order valence-electron chi connectivity index (χ3n) is 3.53. The molecule has 104 valence electrons. The third-order valence-corrected chi connectivity index (χ3v) is 4.49. The number of aryl methyl sites for hydroxylation is 1. The Morgan fingerprint density at radius 3 is 2.95 bits per heavy atom. The van der Waals surface area contributed by atoms with Gasteiger partial charge in [-0.2, -0.15) is 0 Å². The number of hydrogen-bond acceptors (Lipinski definition) is 3. The van der Waals surface area contributed by atoms with Crippen LogP contribution in [0.2, 0.25) is 0 Å². The summed E-state index contributed by atoms with van der Waals surface area (Å²) in [6.07, 6.45) is 4.95. The first-order valence-electron chi connectivity index (χ1n) is 6.80. The van der Waals surface area contributed by atoms with Crippen LogP contribution in [0.25, 0.3) is 0 Å². The Kier molecular flexibility index (Phi) is 4.50. The molecule has 1 N–H and O–H groups in total. The molecule has 0 aromatic carbocycles. The molecule has 3 nitrogen and oxygen atoms in total. The molecule has 19 heavy (non-hydrogen) atoms. The zero-order valence-electron chi connectivity index (χ0n) is 12.2. The summed E-state index contributed by atoms with van der Waals surface area (Å²) in [5, 5.41) is 4.65. The minimum atomic E-state index is 0.284. The molecule has 0 aliphatic carbocycles. The van der Waals surface area contributed by atoms with Gasteiger partial charge in [-0.3, -0.25) is 9.98 Å². The lowest BCUT2D eigenvalue weighted by Crippen LogP contribution is -2.46. The fraction of sp³-hybridized carbons (Fsp3) is 0.600. The molecule has 1 aliphatic rings. The Balaban J connectivity index is 2.02. The SMILES string of the molecule is Cc1ccncc1CN=C1NC(C(C)(C)C)CCS1. The average Bonchev–Trinajstić information content (AvgIpc) is 2.37. The first kappa shape index (κ1) is 14.4. The highest BCUT2D eigenvalue weighted by molar-refractivity contribution is 8.13. The minimum Gasteiger partial charge on any atom is -0.362 e. The van der Waals surface area contributed by atoms with Gasteiger partial charge in [-0.25, -0.2) is 0 Å². The lowest BCUT2D eigenvalue weighted by molar-refractivity contribution is 0.290. The molecular weight excluding hydrogens is 254 g/mol. The van der Waals surface area contributed by atoms with Crippen LogP contribution in [0.4, 0.5) is 0 Å². The van der Waals surface area contributed by atoms with Crippen LogP contribution in [-0.2, 0) is 6.54 Å². The van der Waals surface area contributed by atoms with Crippen molar-refractivity contribution in [3.63, 3.8) is 0 Å². The van der Waals surface area contributed by atoms with Crippen LogP contribution < -0.4 is 5.32 Å². The topological polar surface area (TPSA) is 37.3 Å². The average molecular weight is 277 g/mol. The van der Waals surface area contributed by atoms with Crippen molar-refractivity contribution in [1.29, 1.82) is 0 Å². The predicted octanol–water partition coefficient (Wildman–Crippen LogP) is 3.39. The van der Waals surface area contributed by atoms with E-state index in [1.54, 1.807) is 0 Å². The number of nitrogens with zero attached hydrogens (tertiary/aromatic N) is 2. The van der Waals surface area contributed by atoms with Gasteiger partial charge in [0, 0.05) is 24.2 Å². The fourth-order valence-corrected chi connectivity index (χ4v) is 3.02. The smallest absolute Gasteiger partial charge is 0.157 e. The summed E-state index contributed by atoms with van der Waals surface area (Å²) in [6, 6.07) is 2.55. The Morgan fingerprint density at radius 2 is 2.26 bits per heavy atom. The van der Waals surface area contributed by atoms with Crippen LogP contribution in [0.15, 0.2) is 23.5 Å². The summed E-state index contributed by atoms with van der Waals surface area (Å²) in [7, 11) is 0. The highest BCUT2D eigenvalue weighted by Crippen LogP contribution is 2.27. The van der Waals surface area contributed by atoms with E-state index in [2.05, 4.69) is 38.0 Å². The fourth-order valence-electron chi connectivity index (χ4n) is 2.10. The third kappa shape index (κ3) is 3.96. The Morgan fingerprint density at radius 1 is 1.47 bits per heavy atom. The summed E-state index contributed by atoms with van der Waals surface area (Å²) < 4.78 is 0. The molecule has 1 unspecified atom stereocenters. The first-order chi connectivity index (χ1) is 8.97. The molecule has 1 aliphatic heterocycles. The molecular formula is C15H23N3S. The Labute approximate surface area is 120 Å². The van der Waals surface area contributed by atoms with Crippen molar-refractivity contribution in [2.24, 2.45) is 10.4 Å². The van der Waals surface area contributed by atoms with Crippen LogP contribution in [-0.4, -0.2) is 21.9 Å². The van der Waals surface area contributed by atoms with Gasteiger partial charge in [-0.05, 0) is 36.0 Å². The highest BCUT2D eigenvalue weighted by Gasteiger charge is 2.28. The van der Waals surface area contributed by atoms with E-state index in [-0.39, 0.29) is 5.41 Å². The van der Waals surface area contributed by atoms with Crippen molar-refractivity contribution >= 4 is 16.9 Å². The second kappa shape index (κ2) is 5.95. The van der Waals surface area contributed by atoms with E-state index in [4.69, 9.17) is 4.99 Å². The number of amidine groups is 1. The summed E-state index contributed by atoms with van der Waals surface area (Å²) in [6.45, 7) is 9.67. The largest absolute Gasteiger partial charge is 0.362 e. The monoisotopic (exact) mass is 277 g/mol. The molecule has 0 bridgehead atoms. The number of thioether (sulfide) groups is 1. The van der Waals surface area contributed by atoms with Crippen LogP contribution in [0.5, 0.6) is 0 Å². The molecule has 2 rings (SSSR count).